The molecule has 21 heavy (non-hydrogen) atoms. The molecule has 2 unspecified atom stereocenters. The lowest BCUT2D eigenvalue weighted by Gasteiger charge is -2.22. The average molecular weight is 288 g/mol. The van der Waals surface area contributed by atoms with E-state index in [0.717, 1.165) is 24.9 Å². The molecule has 2 atom stereocenters. The van der Waals surface area contributed by atoms with Gasteiger partial charge in [-0.15, -0.1) is 0 Å². The van der Waals surface area contributed by atoms with E-state index >= 15 is 0 Å². The molecule has 0 saturated carbocycles. The van der Waals surface area contributed by atoms with Gasteiger partial charge < -0.3 is 5.32 Å². The molecule has 2 N–H and O–H groups in total. The maximum absolute atomic E-state index is 11.9. The minimum Gasteiger partial charge on any atom is -0.320 e. The molecule has 0 spiro atoms. The summed E-state index contributed by atoms with van der Waals surface area (Å²) in [6, 6.07) is 8.33. The van der Waals surface area contributed by atoms with Gasteiger partial charge in [-0.05, 0) is 49.9 Å². The van der Waals surface area contributed by atoms with Crippen molar-refractivity contribution in [2.45, 2.75) is 44.4 Å². The fourth-order valence-corrected chi connectivity index (χ4v) is 2.94. The number of carbonyl (C=O) groups excluding carboxylic acids is 2. The maximum Gasteiger partial charge on any atom is 0.234 e. The Morgan fingerprint density at radius 2 is 2.00 bits per heavy atom. The molecule has 4 nitrogen and oxygen atoms in total. The van der Waals surface area contributed by atoms with E-state index in [2.05, 4.69) is 29.7 Å². The van der Waals surface area contributed by atoms with Crippen LogP contribution in [0, 0.1) is 0 Å². The Hall–Kier alpha value is -1.68. The predicted octanol–water partition coefficient (Wildman–Crippen LogP) is 2.31. The second-order valence-electron chi connectivity index (χ2n) is 5.67. The lowest BCUT2D eigenvalue weighted by atomic mass is 9.87. The second kappa shape index (κ2) is 7.36. The van der Waals surface area contributed by atoms with Crippen LogP contribution < -0.4 is 10.6 Å². The third kappa shape index (κ3) is 3.91. The van der Waals surface area contributed by atoms with Crippen molar-refractivity contribution in [1.82, 2.24) is 10.6 Å². The number of piperidine rings is 1. The number of benzene rings is 1. The van der Waals surface area contributed by atoms with Gasteiger partial charge in [-0.2, -0.15) is 0 Å². The van der Waals surface area contributed by atoms with Crippen molar-refractivity contribution in [3.8, 4) is 0 Å². The normalized spacial score (nSPS) is 20.2. The van der Waals surface area contributed by atoms with Crippen LogP contribution in [0.2, 0.25) is 0 Å². The summed E-state index contributed by atoms with van der Waals surface area (Å²) in [5.41, 5.74) is 2.33. The van der Waals surface area contributed by atoms with E-state index in [1.807, 2.05) is 19.2 Å². The van der Waals surface area contributed by atoms with E-state index < -0.39 is 0 Å². The molecule has 0 radical (unpaired) electrons. The van der Waals surface area contributed by atoms with Gasteiger partial charge >= 0.3 is 0 Å². The quantitative estimate of drug-likeness (QED) is 0.790. The largest absolute Gasteiger partial charge is 0.320 e. The van der Waals surface area contributed by atoms with E-state index in [0.29, 0.717) is 18.8 Å². The molecule has 1 aromatic carbocycles. The second-order valence-corrected chi connectivity index (χ2v) is 5.67. The number of hydrogen-bond acceptors (Lipinski definition) is 3. The van der Waals surface area contributed by atoms with Crippen LogP contribution in [0.25, 0.3) is 0 Å². The molecule has 1 aromatic rings. The van der Waals surface area contributed by atoms with Crippen LogP contribution in [0.3, 0.4) is 0 Å². The van der Waals surface area contributed by atoms with Crippen molar-refractivity contribution in [2.75, 3.05) is 13.6 Å². The number of imide groups is 1. The molecule has 0 aliphatic carbocycles. The summed E-state index contributed by atoms with van der Waals surface area (Å²) in [7, 11) is 1.97. The van der Waals surface area contributed by atoms with E-state index in [1.165, 1.54) is 5.56 Å². The highest BCUT2D eigenvalue weighted by Gasteiger charge is 2.27. The Balaban J connectivity index is 2.07. The zero-order chi connectivity index (χ0) is 15.2. The Kier molecular flexibility index (Phi) is 5.51. The van der Waals surface area contributed by atoms with Crippen molar-refractivity contribution < 1.29 is 9.59 Å². The van der Waals surface area contributed by atoms with Crippen LogP contribution in [0.1, 0.15) is 55.6 Å². The van der Waals surface area contributed by atoms with Crippen molar-refractivity contribution in [3.05, 3.63) is 35.4 Å². The highest BCUT2D eigenvalue weighted by molar-refractivity contribution is 6.00. The first-order chi connectivity index (χ1) is 10.2. The number of carbonyl (C=O) groups is 2. The standard InChI is InChI=1S/C17H24N2O2/c1-3-12(10-11-18-2)13-4-6-14(7-5-13)15-8-9-16(20)19-17(15)21/h4-7,12,15,18H,3,8-11H2,1-2H3,(H,19,20,21). The Morgan fingerprint density at radius 3 is 2.57 bits per heavy atom. The molecule has 0 bridgehead atoms. The fourth-order valence-electron chi connectivity index (χ4n) is 2.94. The molecule has 4 heteroatoms. The molecule has 1 heterocycles. The monoisotopic (exact) mass is 288 g/mol. The van der Waals surface area contributed by atoms with Gasteiger partial charge in [0.15, 0.2) is 0 Å². The number of nitrogens with one attached hydrogen (secondary N) is 2. The predicted molar refractivity (Wildman–Crippen MR) is 83.1 cm³/mol. The van der Waals surface area contributed by atoms with E-state index in [9.17, 15) is 9.59 Å². The number of rotatable bonds is 6. The molecule has 2 rings (SSSR count). The number of hydrogen-bond donors (Lipinski definition) is 2. The Morgan fingerprint density at radius 1 is 1.29 bits per heavy atom. The van der Waals surface area contributed by atoms with Gasteiger partial charge in [-0.1, -0.05) is 31.2 Å². The smallest absolute Gasteiger partial charge is 0.234 e. The molecule has 114 valence electrons. The molecule has 2 amide bonds. The zero-order valence-corrected chi connectivity index (χ0v) is 12.8. The fraction of sp³-hybridized carbons (Fsp3) is 0.529. The van der Waals surface area contributed by atoms with Crippen LogP contribution >= 0.6 is 0 Å². The first-order valence-corrected chi connectivity index (χ1v) is 7.73. The highest BCUT2D eigenvalue weighted by Crippen LogP contribution is 2.28. The molecular formula is C17H24N2O2. The van der Waals surface area contributed by atoms with Gasteiger partial charge in [0, 0.05) is 6.42 Å². The molecule has 1 fully saturated rings. The van der Waals surface area contributed by atoms with Crippen LogP contribution in [0.4, 0.5) is 0 Å². The van der Waals surface area contributed by atoms with Gasteiger partial charge in [-0.25, -0.2) is 0 Å². The summed E-state index contributed by atoms with van der Waals surface area (Å²) in [6.07, 6.45) is 3.27. The van der Waals surface area contributed by atoms with Crippen LogP contribution in [0.5, 0.6) is 0 Å². The first-order valence-electron chi connectivity index (χ1n) is 7.73. The molecule has 1 saturated heterocycles. The Labute approximate surface area is 126 Å². The third-order valence-electron chi connectivity index (χ3n) is 4.29. The zero-order valence-electron chi connectivity index (χ0n) is 12.8. The van der Waals surface area contributed by atoms with Gasteiger partial charge in [0.05, 0.1) is 5.92 Å². The maximum atomic E-state index is 11.9. The lowest BCUT2D eigenvalue weighted by molar-refractivity contribution is -0.134. The van der Waals surface area contributed by atoms with E-state index in [1.54, 1.807) is 0 Å². The van der Waals surface area contributed by atoms with Crippen molar-refractivity contribution >= 4 is 11.8 Å². The number of amides is 2. The minimum atomic E-state index is -0.186. The van der Waals surface area contributed by atoms with Gasteiger partial charge in [-0.3, -0.25) is 14.9 Å². The van der Waals surface area contributed by atoms with Crippen LogP contribution in [-0.4, -0.2) is 25.4 Å². The summed E-state index contributed by atoms with van der Waals surface area (Å²) in [6.45, 7) is 3.21. The van der Waals surface area contributed by atoms with Crippen molar-refractivity contribution in [3.63, 3.8) is 0 Å². The minimum absolute atomic E-state index is 0.161. The summed E-state index contributed by atoms with van der Waals surface area (Å²) in [5.74, 6) is 0.0367. The third-order valence-corrected chi connectivity index (χ3v) is 4.29. The average Bonchev–Trinajstić information content (AvgIpc) is 2.49. The molecule has 0 aromatic heterocycles. The summed E-state index contributed by atoms with van der Waals surface area (Å²) >= 11 is 0. The topological polar surface area (TPSA) is 58.2 Å². The van der Waals surface area contributed by atoms with Crippen molar-refractivity contribution in [2.24, 2.45) is 0 Å². The van der Waals surface area contributed by atoms with E-state index in [4.69, 9.17) is 0 Å². The van der Waals surface area contributed by atoms with Gasteiger partial charge in [0.1, 0.15) is 0 Å². The van der Waals surface area contributed by atoms with Crippen LogP contribution in [-0.2, 0) is 9.59 Å². The SMILES string of the molecule is CCC(CCNC)c1ccc(C2CCC(=O)NC2=O)cc1. The molecule has 1 aliphatic rings. The first kappa shape index (κ1) is 15.7. The van der Waals surface area contributed by atoms with Gasteiger partial charge in [0.25, 0.3) is 0 Å². The lowest BCUT2D eigenvalue weighted by Crippen LogP contribution is -2.39. The highest BCUT2D eigenvalue weighted by atomic mass is 16.2. The Bertz CT molecular complexity index is 496. The van der Waals surface area contributed by atoms with E-state index in [-0.39, 0.29) is 17.7 Å². The molecule has 1 aliphatic heterocycles. The molecular weight excluding hydrogens is 264 g/mol. The summed E-state index contributed by atoms with van der Waals surface area (Å²) in [5, 5.41) is 5.61. The summed E-state index contributed by atoms with van der Waals surface area (Å²) < 4.78 is 0. The van der Waals surface area contributed by atoms with Crippen molar-refractivity contribution in [1.29, 1.82) is 0 Å². The van der Waals surface area contributed by atoms with Gasteiger partial charge in [0.2, 0.25) is 11.8 Å². The summed E-state index contributed by atoms with van der Waals surface area (Å²) in [4.78, 5) is 23.1. The van der Waals surface area contributed by atoms with Crippen LogP contribution in [0.15, 0.2) is 24.3 Å².